The van der Waals surface area contributed by atoms with Crippen LogP contribution in [0.25, 0.3) is 0 Å². The first-order valence-electron chi connectivity index (χ1n) is 13.2. The fourth-order valence-electron chi connectivity index (χ4n) is 4.69. The summed E-state index contributed by atoms with van der Waals surface area (Å²) in [6.07, 6.45) is 0.894. The molecule has 1 saturated heterocycles. The first kappa shape index (κ1) is 28.9. The van der Waals surface area contributed by atoms with Gasteiger partial charge < -0.3 is 29.3 Å². The van der Waals surface area contributed by atoms with Gasteiger partial charge in [0.2, 0.25) is 11.8 Å². The molecule has 3 atom stereocenters. The van der Waals surface area contributed by atoms with Crippen molar-refractivity contribution in [3.05, 3.63) is 23.8 Å². The number of carbonyl (C=O) groups excluding carboxylic acids is 3. The van der Waals surface area contributed by atoms with Crippen LogP contribution >= 0.6 is 0 Å². The summed E-state index contributed by atoms with van der Waals surface area (Å²) in [7, 11) is 3.37. The zero-order valence-electron chi connectivity index (χ0n) is 22.8. The summed E-state index contributed by atoms with van der Waals surface area (Å²) >= 11 is 0. The fraction of sp³-hybridized carbons (Fsp3) is 0.667. The fourth-order valence-corrected chi connectivity index (χ4v) is 4.69. The number of likely N-dealkylation sites (N-methyl/N-ethyl adjacent to an activating group) is 1. The van der Waals surface area contributed by atoms with E-state index in [1.807, 2.05) is 25.7 Å². The molecule has 0 aliphatic carbocycles. The molecule has 2 heterocycles. The van der Waals surface area contributed by atoms with Crippen LogP contribution in [0.5, 0.6) is 5.75 Å². The molecule has 1 N–H and O–H groups in total. The molecule has 2 aliphatic heterocycles. The average molecular weight is 519 g/mol. The summed E-state index contributed by atoms with van der Waals surface area (Å²) in [4.78, 5) is 44.6. The van der Waals surface area contributed by atoms with Crippen molar-refractivity contribution in [1.82, 2.24) is 14.7 Å². The number of hydrogen-bond donors (Lipinski definition) is 1. The van der Waals surface area contributed by atoms with Crippen LogP contribution in [0.3, 0.4) is 0 Å². The van der Waals surface area contributed by atoms with E-state index in [0.717, 1.165) is 19.5 Å². The Morgan fingerprint density at radius 2 is 1.89 bits per heavy atom. The lowest BCUT2D eigenvalue weighted by atomic mass is 10.0. The Morgan fingerprint density at radius 1 is 1.16 bits per heavy atom. The SMILES string of the molecule is CCCC(=O)Nc1ccc2c(c1)OC[C@@H](C)N(C(=O)CN1CCOCC1)C[C@@H](C)[C@H](OC)CN(C)C2=O. The normalized spacial score (nSPS) is 23.9. The minimum atomic E-state index is -0.253. The van der Waals surface area contributed by atoms with Crippen LogP contribution in [0, 0.1) is 5.92 Å². The monoisotopic (exact) mass is 518 g/mol. The Hall–Kier alpha value is -2.69. The van der Waals surface area contributed by atoms with Gasteiger partial charge in [-0.1, -0.05) is 13.8 Å². The minimum Gasteiger partial charge on any atom is -0.491 e. The van der Waals surface area contributed by atoms with Crippen molar-refractivity contribution in [3.63, 3.8) is 0 Å². The molecule has 1 aromatic carbocycles. The van der Waals surface area contributed by atoms with Crippen LogP contribution in [0.15, 0.2) is 18.2 Å². The van der Waals surface area contributed by atoms with E-state index in [1.54, 1.807) is 37.3 Å². The molecule has 3 amide bonds. The molecule has 3 rings (SSSR count). The Balaban J connectivity index is 1.88. The third-order valence-electron chi connectivity index (χ3n) is 6.99. The van der Waals surface area contributed by atoms with Crippen LogP contribution < -0.4 is 10.1 Å². The van der Waals surface area contributed by atoms with Crippen molar-refractivity contribution in [1.29, 1.82) is 0 Å². The van der Waals surface area contributed by atoms with E-state index >= 15 is 0 Å². The molecular formula is C27H42N4O6. The minimum absolute atomic E-state index is 0.00797. The number of fused-ring (bicyclic) bond motifs is 1. The molecular weight excluding hydrogens is 476 g/mol. The van der Waals surface area contributed by atoms with Gasteiger partial charge in [-0.3, -0.25) is 19.3 Å². The van der Waals surface area contributed by atoms with Crippen LogP contribution in [-0.4, -0.2) is 111 Å². The number of nitrogens with zero attached hydrogens (tertiary/aromatic N) is 3. The number of carbonyl (C=O) groups is 3. The van der Waals surface area contributed by atoms with Gasteiger partial charge >= 0.3 is 0 Å². The molecule has 206 valence electrons. The molecule has 0 spiro atoms. The second-order valence-corrected chi connectivity index (χ2v) is 10.0. The summed E-state index contributed by atoms with van der Waals surface area (Å²) in [6.45, 7) is 10.0. The first-order valence-corrected chi connectivity index (χ1v) is 13.2. The molecule has 1 fully saturated rings. The van der Waals surface area contributed by atoms with E-state index in [9.17, 15) is 14.4 Å². The van der Waals surface area contributed by atoms with E-state index in [1.165, 1.54) is 0 Å². The Labute approximate surface area is 220 Å². The zero-order valence-corrected chi connectivity index (χ0v) is 22.8. The highest BCUT2D eigenvalue weighted by Gasteiger charge is 2.31. The maximum Gasteiger partial charge on any atom is 0.257 e. The topological polar surface area (TPSA) is 101 Å². The van der Waals surface area contributed by atoms with Crippen LogP contribution in [0.1, 0.15) is 44.0 Å². The van der Waals surface area contributed by atoms with Gasteiger partial charge in [-0.25, -0.2) is 0 Å². The predicted molar refractivity (Wildman–Crippen MR) is 141 cm³/mol. The highest BCUT2D eigenvalue weighted by molar-refractivity contribution is 5.98. The van der Waals surface area contributed by atoms with Crippen LogP contribution in [0.4, 0.5) is 5.69 Å². The number of benzene rings is 1. The number of amides is 3. The first-order chi connectivity index (χ1) is 17.7. The van der Waals surface area contributed by atoms with Gasteiger partial charge in [0.15, 0.2) is 0 Å². The van der Waals surface area contributed by atoms with Gasteiger partial charge in [0.05, 0.1) is 37.5 Å². The Morgan fingerprint density at radius 3 is 2.57 bits per heavy atom. The molecule has 37 heavy (non-hydrogen) atoms. The van der Waals surface area contributed by atoms with Gasteiger partial charge in [-0.2, -0.15) is 0 Å². The predicted octanol–water partition coefficient (Wildman–Crippen LogP) is 2.09. The number of nitrogens with one attached hydrogen (secondary N) is 1. The Kier molecular flexibility index (Phi) is 10.7. The lowest BCUT2D eigenvalue weighted by Crippen LogP contribution is -2.52. The number of anilines is 1. The van der Waals surface area contributed by atoms with Gasteiger partial charge in [-0.05, 0) is 25.5 Å². The molecule has 2 aliphatic rings. The van der Waals surface area contributed by atoms with Gasteiger partial charge in [0.1, 0.15) is 12.4 Å². The number of methoxy groups -OCH3 is 1. The molecule has 10 nitrogen and oxygen atoms in total. The zero-order chi connectivity index (χ0) is 26.9. The Bertz CT molecular complexity index is 935. The standard InChI is InChI=1S/C27H42N4O6/c1-6-7-25(32)28-21-8-9-22-23(14-21)37-18-20(3)31(26(33)17-30-10-12-36-13-11-30)15-19(2)24(35-5)16-29(4)27(22)34/h8-9,14,19-20,24H,6-7,10-13,15-18H2,1-5H3,(H,28,32)/t19-,20-,24-/m1/s1. The average Bonchev–Trinajstić information content (AvgIpc) is 2.88. The highest BCUT2D eigenvalue weighted by atomic mass is 16.5. The molecule has 0 bridgehead atoms. The molecule has 1 aromatic rings. The third-order valence-corrected chi connectivity index (χ3v) is 6.99. The third kappa shape index (κ3) is 7.90. The van der Waals surface area contributed by atoms with E-state index < -0.39 is 0 Å². The maximum atomic E-state index is 13.5. The summed E-state index contributed by atoms with van der Waals surface area (Å²) in [5.74, 6) is 0.114. The van der Waals surface area contributed by atoms with Crippen molar-refractivity contribution in [3.8, 4) is 5.75 Å². The highest BCUT2D eigenvalue weighted by Crippen LogP contribution is 2.27. The van der Waals surface area contributed by atoms with E-state index in [0.29, 0.717) is 56.3 Å². The van der Waals surface area contributed by atoms with Crippen molar-refractivity contribution >= 4 is 23.4 Å². The molecule has 0 radical (unpaired) electrons. The van der Waals surface area contributed by atoms with E-state index in [4.69, 9.17) is 14.2 Å². The maximum absolute atomic E-state index is 13.5. The van der Waals surface area contributed by atoms with E-state index in [-0.39, 0.29) is 42.4 Å². The molecule has 0 unspecified atom stereocenters. The molecule has 10 heteroatoms. The van der Waals surface area contributed by atoms with Crippen LogP contribution in [0.2, 0.25) is 0 Å². The van der Waals surface area contributed by atoms with E-state index in [2.05, 4.69) is 10.2 Å². The lowest BCUT2D eigenvalue weighted by molar-refractivity contribution is -0.137. The van der Waals surface area contributed by atoms with Gasteiger partial charge in [0, 0.05) is 64.4 Å². The lowest BCUT2D eigenvalue weighted by Gasteiger charge is -2.37. The van der Waals surface area contributed by atoms with Gasteiger partial charge in [0.25, 0.3) is 5.91 Å². The van der Waals surface area contributed by atoms with Crippen LogP contribution in [-0.2, 0) is 19.1 Å². The van der Waals surface area contributed by atoms with Crippen molar-refractivity contribution in [2.24, 2.45) is 5.92 Å². The summed E-state index contributed by atoms with van der Waals surface area (Å²) in [5, 5.41) is 2.87. The second-order valence-electron chi connectivity index (χ2n) is 10.0. The molecule has 0 aromatic heterocycles. The smallest absolute Gasteiger partial charge is 0.257 e. The summed E-state index contributed by atoms with van der Waals surface area (Å²) < 4.78 is 17.4. The number of morpholine rings is 1. The van der Waals surface area contributed by atoms with Crippen molar-refractivity contribution in [2.75, 3.05) is 72.0 Å². The van der Waals surface area contributed by atoms with Crippen molar-refractivity contribution < 1.29 is 28.6 Å². The quantitative estimate of drug-likeness (QED) is 0.616. The van der Waals surface area contributed by atoms with Crippen molar-refractivity contribution in [2.45, 2.75) is 45.8 Å². The van der Waals surface area contributed by atoms with Gasteiger partial charge in [-0.15, -0.1) is 0 Å². The summed E-state index contributed by atoms with van der Waals surface area (Å²) in [5.41, 5.74) is 0.966. The summed E-state index contributed by atoms with van der Waals surface area (Å²) in [6, 6.07) is 4.83. The largest absolute Gasteiger partial charge is 0.491 e. The molecule has 0 saturated carbocycles. The second kappa shape index (κ2) is 13.7. The number of hydrogen-bond acceptors (Lipinski definition) is 7. The number of rotatable bonds is 6. The number of ether oxygens (including phenoxy) is 3.